The number of aromatic nitrogens is 1. The summed E-state index contributed by atoms with van der Waals surface area (Å²) in [6.07, 6.45) is 0. The van der Waals surface area contributed by atoms with Crippen molar-refractivity contribution in [2.75, 3.05) is 19.6 Å². The fourth-order valence-electron chi connectivity index (χ4n) is 2.02. The molecule has 0 fully saturated rings. The number of nitrogens with zero attached hydrogens (tertiary/aromatic N) is 2. The quantitative estimate of drug-likeness (QED) is 0.375. The van der Waals surface area contributed by atoms with Gasteiger partial charge in [0.1, 0.15) is 0 Å². The van der Waals surface area contributed by atoms with Crippen LogP contribution in [-0.4, -0.2) is 105 Å². The zero-order valence-electron chi connectivity index (χ0n) is 21.3. The van der Waals surface area contributed by atoms with E-state index in [4.69, 9.17) is 19.2 Å². The summed E-state index contributed by atoms with van der Waals surface area (Å²) < 4.78 is 10.3. The minimum atomic E-state index is -4.64. The third-order valence-electron chi connectivity index (χ3n) is 3.04. The average Bonchev–Trinajstić information content (AvgIpc) is 2.55. The summed E-state index contributed by atoms with van der Waals surface area (Å²) in [6, 6.07) is 7.25. The normalized spacial score (nSPS) is 10.1. The fraction of sp³-hybridized carbons (Fsp3) is 0.762. The molecule has 0 aromatic carbocycles. The van der Waals surface area contributed by atoms with Crippen LogP contribution in [0.2, 0.25) is 0.515 Å². The predicted molar refractivity (Wildman–Crippen MR) is 131 cm³/mol. The van der Waals surface area contributed by atoms with E-state index < -0.39 is 7.82 Å². The van der Waals surface area contributed by atoms with Crippen LogP contribution in [0, 0.1) is 13.8 Å². The van der Waals surface area contributed by atoms with Crippen LogP contribution < -0.4 is 5.32 Å². The van der Waals surface area contributed by atoms with E-state index in [1.54, 1.807) is 0 Å². The van der Waals surface area contributed by atoms with E-state index in [1.165, 1.54) is 20.1 Å². The third kappa shape index (κ3) is 51.5. The second-order valence-corrected chi connectivity index (χ2v) is 10.5. The van der Waals surface area contributed by atoms with Gasteiger partial charge >= 0.3 is 64.2 Å². The Balaban J connectivity index is -0.000000146. The number of hydrogen-bond donors (Lipinski definition) is 4. The van der Waals surface area contributed by atoms with Gasteiger partial charge in [-0.3, -0.25) is 4.98 Å². The van der Waals surface area contributed by atoms with E-state index in [1.807, 2.05) is 32.0 Å². The number of aryl methyl sites for hydroxylation is 2. The summed E-state index contributed by atoms with van der Waals surface area (Å²) in [6.45, 7) is 24.9. The van der Waals surface area contributed by atoms with Crippen molar-refractivity contribution in [2.24, 2.45) is 0 Å². The van der Waals surface area contributed by atoms with E-state index in [0.29, 0.717) is 12.1 Å². The van der Waals surface area contributed by atoms with Gasteiger partial charge in [0.05, 0.1) is 0 Å². The van der Waals surface area contributed by atoms with Crippen molar-refractivity contribution in [3.8, 4) is 0 Å². The van der Waals surface area contributed by atoms with Crippen molar-refractivity contribution in [3.63, 3.8) is 0 Å². The predicted octanol–water partition coefficient (Wildman–Crippen LogP) is 4.10. The molecule has 176 valence electrons. The Morgan fingerprint density at radius 3 is 1.27 bits per heavy atom. The Labute approximate surface area is 220 Å². The summed E-state index contributed by atoms with van der Waals surface area (Å²) >= 11 is 1.10. The monoisotopic (exact) mass is 475 g/mol. The topological polar surface area (TPSA) is 106 Å². The summed E-state index contributed by atoms with van der Waals surface area (Å²) in [5.74, 6) is 0. The first-order valence-corrected chi connectivity index (χ1v) is 14.6. The summed E-state index contributed by atoms with van der Waals surface area (Å²) in [7, 11) is -4.64. The minimum Gasteiger partial charge on any atom is -0.303 e. The van der Waals surface area contributed by atoms with Crippen LogP contribution >= 0.6 is 7.82 Å². The van der Waals surface area contributed by atoms with Crippen molar-refractivity contribution in [3.05, 3.63) is 29.6 Å². The SMILES string of the molecule is CC(C)NC(C)C.CCN(CC)CC.C[CH2][K].Cc1cccc(C)n1.O=P(O)(O)O. The van der Waals surface area contributed by atoms with Gasteiger partial charge in [0, 0.05) is 23.5 Å². The Hall–Kier alpha value is 0.816. The average molecular weight is 476 g/mol. The van der Waals surface area contributed by atoms with Crippen molar-refractivity contribution >= 4 is 56.8 Å². The van der Waals surface area contributed by atoms with Crippen LogP contribution in [0.3, 0.4) is 0 Å². The smallest absolute Gasteiger partial charge is 0.303 e. The third-order valence-corrected chi connectivity index (χ3v) is 3.04. The maximum absolute atomic E-state index is 8.88. The first kappa shape index (κ1) is 38.1. The molecule has 0 aliphatic heterocycles. The van der Waals surface area contributed by atoms with Crippen molar-refractivity contribution in [2.45, 2.75) is 81.8 Å². The molecule has 1 rings (SSSR count). The molecular weight excluding hydrogens is 428 g/mol. The molecule has 9 heteroatoms. The van der Waals surface area contributed by atoms with Crippen LogP contribution in [0.15, 0.2) is 18.2 Å². The van der Waals surface area contributed by atoms with Gasteiger partial charge in [0.15, 0.2) is 0 Å². The van der Waals surface area contributed by atoms with Crippen molar-refractivity contribution in [1.82, 2.24) is 15.2 Å². The Morgan fingerprint density at radius 1 is 0.933 bits per heavy atom. The second kappa shape index (κ2) is 26.1. The van der Waals surface area contributed by atoms with Crippen LogP contribution in [0.1, 0.15) is 66.8 Å². The molecule has 0 atom stereocenters. The molecule has 30 heavy (non-hydrogen) atoms. The number of nitrogens with one attached hydrogen (secondary N) is 1. The van der Waals surface area contributed by atoms with E-state index in [-0.39, 0.29) is 0 Å². The first-order valence-electron chi connectivity index (χ1n) is 10.8. The molecule has 0 saturated carbocycles. The number of phosphoric acid groups is 1. The van der Waals surface area contributed by atoms with E-state index >= 15 is 0 Å². The molecule has 0 amide bonds. The van der Waals surface area contributed by atoms with Gasteiger partial charge in [-0.1, -0.05) is 54.5 Å². The molecule has 1 aromatic heterocycles. The molecule has 0 radical (unpaired) electrons. The number of pyridine rings is 1. The van der Waals surface area contributed by atoms with Gasteiger partial charge < -0.3 is 24.9 Å². The van der Waals surface area contributed by atoms with Crippen molar-refractivity contribution in [1.29, 1.82) is 0 Å². The van der Waals surface area contributed by atoms with Gasteiger partial charge in [0.25, 0.3) is 0 Å². The summed E-state index contributed by atoms with van der Waals surface area (Å²) in [5.41, 5.74) is 2.18. The Morgan fingerprint density at radius 2 is 1.20 bits per heavy atom. The fourth-order valence-corrected chi connectivity index (χ4v) is 2.02. The molecule has 0 aliphatic rings. The molecule has 0 spiro atoms. The second-order valence-electron chi connectivity index (χ2n) is 7.24. The van der Waals surface area contributed by atoms with Crippen LogP contribution in [0.5, 0.6) is 0 Å². The molecule has 7 nitrogen and oxygen atoms in total. The molecule has 0 bridgehead atoms. The largest absolute Gasteiger partial charge is 0.466 e. The maximum Gasteiger partial charge on any atom is 0.466 e. The van der Waals surface area contributed by atoms with E-state index in [2.05, 4.69) is 70.6 Å². The summed E-state index contributed by atoms with van der Waals surface area (Å²) in [4.78, 5) is 28.1. The van der Waals surface area contributed by atoms with E-state index in [9.17, 15) is 0 Å². The Kier molecular flexibility index (Phi) is 33.1. The van der Waals surface area contributed by atoms with Crippen LogP contribution in [-0.2, 0) is 4.57 Å². The van der Waals surface area contributed by atoms with Crippen LogP contribution in [0.4, 0.5) is 0 Å². The van der Waals surface area contributed by atoms with Gasteiger partial charge in [-0.25, -0.2) is 4.57 Å². The first-order chi connectivity index (χ1) is 13.7. The van der Waals surface area contributed by atoms with Crippen molar-refractivity contribution < 1.29 is 19.2 Å². The van der Waals surface area contributed by atoms with Gasteiger partial charge in [-0.2, -0.15) is 0 Å². The zero-order chi connectivity index (χ0) is 24.8. The number of hydrogen-bond acceptors (Lipinski definition) is 4. The van der Waals surface area contributed by atoms with Gasteiger partial charge in [-0.15, -0.1) is 0 Å². The molecule has 0 unspecified atom stereocenters. The Bertz CT molecular complexity index is 474. The van der Waals surface area contributed by atoms with Crippen LogP contribution in [0.25, 0.3) is 0 Å². The summed E-state index contributed by atoms with van der Waals surface area (Å²) in [5, 5.41) is 3.31. The molecular formula is C21H47KN3O4P. The molecule has 4 N–H and O–H groups in total. The molecule has 1 heterocycles. The molecule has 0 saturated heterocycles. The zero-order valence-corrected chi connectivity index (χ0v) is 25.3. The molecule has 0 aliphatic carbocycles. The molecule has 1 aromatic rings. The van der Waals surface area contributed by atoms with Gasteiger partial charge in [0.2, 0.25) is 0 Å². The number of rotatable bonds is 5. The standard InChI is InChI=1S/C7H9N.2C6H15N.C2H5.K.H3O4P/c1-6-4-3-5-7(2)8-6;1-5(2)7-6(3)4;1-4-7(5-2)6-3;1-2;;1-5(2,3)4/h3-5H,1-2H3;5-7H,1-4H3;4-6H2,1-3H3;1H2,2H3;;(H3,1,2,3,4). The minimum absolute atomic E-state index is 0.625. The maximum atomic E-state index is 8.88. The van der Waals surface area contributed by atoms with Gasteiger partial charge in [-0.05, 0) is 45.6 Å². The van der Waals surface area contributed by atoms with E-state index in [0.717, 1.165) is 60.3 Å².